The second kappa shape index (κ2) is 7.03. The lowest BCUT2D eigenvalue weighted by Gasteiger charge is -2.34. The lowest BCUT2D eigenvalue weighted by Crippen LogP contribution is -2.48. The van der Waals surface area contributed by atoms with Crippen molar-refractivity contribution >= 4 is 28.5 Å². The van der Waals surface area contributed by atoms with E-state index >= 15 is 0 Å². The molecule has 2 aromatic rings. The second-order valence-corrected chi connectivity index (χ2v) is 6.51. The van der Waals surface area contributed by atoms with E-state index in [0.717, 1.165) is 16.5 Å². The van der Waals surface area contributed by atoms with E-state index < -0.39 is 17.2 Å². The molecule has 1 heterocycles. The Hall–Kier alpha value is -2.72. The van der Waals surface area contributed by atoms with Crippen molar-refractivity contribution < 1.29 is 9.59 Å². The van der Waals surface area contributed by atoms with Crippen molar-refractivity contribution in [2.75, 3.05) is 11.6 Å². The van der Waals surface area contributed by atoms with Crippen LogP contribution in [-0.2, 0) is 9.59 Å². The molecule has 0 saturated carbocycles. The molecular formula is C21H22N2O2. The SMILES string of the molecule is C=CCC1(CC=C)CNN(c2ccc3ccccc3c2)C1C(=O)C=O. The van der Waals surface area contributed by atoms with Gasteiger partial charge < -0.3 is 0 Å². The van der Waals surface area contributed by atoms with Gasteiger partial charge in [0, 0.05) is 12.0 Å². The number of anilines is 1. The maximum Gasteiger partial charge on any atom is 0.219 e. The highest BCUT2D eigenvalue weighted by Crippen LogP contribution is 2.40. The molecule has 25 heavy (non-hydrogen) atoms. The van der Waals surface area contributed by atoms with Gasteiger partial charge in [-0.05, 0) is 35.7 Å². The van der Waals surface area contributed by atoms with E-state index in [-0.39, 0.29) is 0 Å². The maximum atomic E-state index is 12.5. The van der Waals surface area contributed by atoms with E-state index in [1.165, 1.54) is 0 Å². The van der Waals surface area contributed by atoms with Gasteiger partial charge in [0.15, 0.2) is 6.29 Å². The van der Waals surface area contributed by atoms with Crippen LogP contribution in [0.25, 0.3) is 10.8 Å². The van der Waals surface area contributed by atoms with Gasteiger partial charge in [0.25, 0.3) is 0 Å². The number of nitrogens with one attached hydrogen (secondary N) is 1. The monoisotopic (exact) mass is 334 g/mol. The normalized spacial score (nSPS) is 18.9. The first-order chi connectivity index (χ1) is 12.1. The number of hydrogen-bond acceptors (Lipinski definition) is 4. The number of hydrogen-bond donors (Lipinski definition) is 1. The maximum absolute atomic E-state index is 12.5. The van der Waals surface area contributed by atoms with Crippen LogP contribution in [0, 0.1) is 5.41 Å². The smallest absolute Gasteiger partial charge is 0.219 e. The van der Waals surface area contributed by atoms with Crippen LogP contribution in [0.4, 0.5) is 5.69 Å². The van der Waals surface area contributed by atoms with Crippen molar-refractivity contribution in [2.45, 2.75) is 18.9 Å². The molecule has 1 aliphatic heterocycles. The minimum Gasteiger partial charge on any atom is -0.297 e. The molecule has 0 bridgehead atoms. The Labute approximate surface area is 147 Å². The molecule has 0 aromatic heterocycles. The van der Waals surface area contributed by atoms with E-state index in [9.17, 15) is 9.59 Å². The van der Waals surface area contributed by atoms with Gasteiger partial charge in [0.05, 0.1) is 5.69 Å². The Kier molecular flexibility index (Phi) is 4.81. The van der Waals surface area contributed by atoms with E-state index in [2.05, 4.69) is 18.6 Å². The Morgan fingerprint density at radius 3 is 2.48 bits per heavy atom. The first-order valence-corrected chi connectivity index (χ1v) is 8.37. The van der Waals surface area contributed by atoms with Gasteiger partial charge in [0.1, 0.15) is 6.04 Å². The van der Waals surface area contributed by atoms with E-state index in [1.54, 1.807) is 12.2 Å². The van der Waals surface area contributed by atoms with Crippen molar-refractivity contribution in [3.8, 4) is 0 Å². The molecule has 1 fully saturated rings. The van der Waals surface area contributed by atoms with Crippen LogP contribution < -0.4 is 10.4 Å². The first kappa shape index (κ1) is 17.1. The molecule has 0 radical (unpaired) electrons. The van der Waals surface area contributed by atoms with Crippen LogP contribution in [0.2, 0.25) is 0 Å². The fourth-order valence-electron chi connectivity index (χ4n) is 3.79. The number of Topliss-reactive ketones (excluding diaryl/α,β-unsaturated/α-hetero) is 1. The van der Waals surface area contributed by atoms with Gasteiger partial charge in [-0.15, -0.1) is 13.2 Å². The van der Waals surface area contributed by atoms with Crippen molar-refractivity contribution in [3.05, 3.63) is 67.8 Å². The summed E-state index contributed by atoms with van der Waals surface area (Å²) in [6.07, 6.45) is 5.29. The Morgan fingerprint density at radius 2 is 1.84 bits per heavy atom. The highest BCUT2D eigenvalue weighted by atomic mass is 16.2. The summed E-state index contributed by atoms with van der Waals surface area (Å²) >= 11 is 0. The summed E-state index contributed by atoms with van der Waals surface area (Å²) in [5.41, 5.74) is 3.77. The molecular weight excluding hydrogens is 312 g/mol. The molecule has 0 aliphatic carbocycles. The van der Waals surface area contributed by atoms with Gasteiger partial charge in [-0.25, -0.2) is 5.43 Å². The summed E-state index contributed by atoms with van der Waals surface area (Å²) in [5, 5.41) is 4.05. The summed E-state index contributed by atoms with van der Waals surface area (Å²) in [6, 6.07) is 13.5. The largest absolute Gasteiger partial charge is 0.297 e. The highest BCUT2D eigenvalue weighted by Gasteiger charge is 2.49. The van der Waals surface area contributed by atoms with Crippen LogP contribution in [-0.4, -0.2) is 24.7 Å². The molecule has 0 amide bonds. The molecule has 4 heteroatoms. The molecule has 1 saturated heterocycles. The highest BCUT2D eigenvalue weighted by molar-refractivity contribution is 6.28. The number of ketones is 1. The van der Waals surface area contributed by atoms with Gasteiger partial charge in [-0.3, -0.25) is 14.6 Å². The fraction of sp³-hybridized carbons (Fsp3) is 0.238. The summed E-state index contributed by atoms with van der Waals surface area (Å²) in [4.78, 5) is 23.8. The van der Waals surface area contributed by atoms with Gasteiger partial charge in [-0.2, -0.15) is 0 Å². The zero-order valence-electron chi connectivity index (χ0n) is 14.2. The second-order valence-electron chi connectivity index (χ2n) is 6.51. The topological polar surface area (TPSA) is 49.4 Å². The zero-order valence-corrected chi connectivity index (χ0v) is 14.2. The number of allylic oxidation sites excluding steroid dienone is 2. The summed E-state index contributed by atoms with van der Waals surface area (Å²) < 4.78 is 0. The third-order valence-corrected chi connectivity index (χ3v) is 4.94. The molecule has 4 nitrogen and oxygen atoms in total. The van der Waals surface area contributed by atoms with Crippen molar-refractivity contribution in [1.82, 2.24) is 5.43 Å². The van der Waals surface area contributed by atoms with E-state index in [1.807, 2.05) is 47.5 Å². The molecule has 2 aromatic carbocycles. The predicted octanol–water partition coefficient (Wildman–Crippen LogP) is 3.44. The minimum atomic E-state index is -0.581. The van der Waals surface area contributed by atoms with Gasteiger partial charge >= 0.3 is 0 Å². The Balaban J connectivity index is 2.06. The van der Waals surface area contributed by atoms with Crippen molar-refractivity contribution in [1.29, 1.82) is 0 Å². The minimum absolute atomic E-state index is 0.423. The lowest BCUT2D eigenvalue weighted by atomic mass is 9.74. The van der Waals surface area contributed by atoms with Gasteiger partial charge in [-0.1, -0.05) is 42.5 Å². The third-order valence-electron chi connectivity index (χ3n) is 4.94. The molecule has 1 unspecified atom stereocenters. The first-order valence-electron chi connectivity index (χ1n) is 8.37. The molecule has 1 N–H and O–H groups in total. The lowest BCUT2D eigenvalue weighted by molar-refractivity contribution is -0.132. The predicted molar refractivity (Wildman–Crippen MR) is 101 cm³/mol. The summed E-state index contributed by atoms with van der Waals surface area (Å²) in [6.45, 7) is 8.24. The average Bonchev–Trinajstić information content (AvgIpc) is 3.00. The third kappa shape index (κ3) is 3.01. The number of benzene rings is 2. The fourth-order valence-corrected chi connectivity index (χ4v) is 3.79. The van der Waals surface area contributed by atoms with Crippen molar-refractivity contribution in [2.24, 2.45) is 5.41 Å². The number of fused-ring (bicyclic) bond motifs is 1. The molecule has 128 valence electrons. The van der Waals surface area contributed by atoms with Crippen LogP contribution in [0.3, 0.4) is 0 Å². The number of rotatable bonds is 7. The zero-order chi connectivity index (χ0) is 17.9. The van der Waals surface area contributed by atoms with Crippen LogP contribution in [0.1, 0.15) is 12.8 Å². The summed E-state index contributed by atoms with van der Waals surface area (Å²) in [7, 11) is 0. The molecule has 1 aliphatic rings. The van der Waals surface area contributed by atoms with Crippen LogP contribution >= 0.6 is 0 Å². The quantitative estimate of drug-likeness (QED) is 0.479. The van der Waals surface area contributed by atoms with E-state index in [0.29, 0.717) is 25.7 Å². The number of aldehydes is 1. The molecule has 3 rings (SSSR count). The molecule has 1 atom stereocenters. The standard InChI is InChI=1S/C21H22N2O2/c1-3-11-21(12-4-2)15-22-23(20(21)19(25)14-24)18-10-9-16-7-5-6-8-17(16)13-18/h3-10,13-14,20,22H,1-2,11-12,15H2. The van der Waals surface area contributed by atoms with Crippen LogP contribution in [0.15, 0.2) is 67.8 Å². The van der Waals surface area contributed by atoms with E-state index in [4.69, 9.17) is 0 Å². The number of carbonyl (C=O) groups excluding carboxylic acids is 2. The van der Waals surface area contributed by atoms with Gasteiger partial charge in [0.2, 0.25) is 5.78 Å². The Morgan fingerprint density at radius 1 is 1.16 bits per heavy atom. The molecule has 0 spiro atoms. The Bertz CT molecular complexity index is 818. The number of nitrogens with zero attached hydrogens (tertiary/aromatic N) is 1. The van der Waals surface area contributed by atoms with Crippen molar-refractivity contribution in [3.63, 3.8) is 0 Å². The summed E-state index contributed by atoms with van der Waals surface area (Å²) in [5.74, 6) is -0.429. The number of carbonyl (C=O) groups is 2. The van der Waals surface area contributed by atoms with Crippen LogP contribution in [0.5, 0.6) is 0 Å². The average molecular weight is 334 g/mol. The number of hydrazine groups is 1.